The average Bonchev–Trinajstić information content (AvgIpc) is 2.46. The molecule has 19 heavy (non-hydrogen) atoms. The zero-order chi connectivity index (χ0) is 13.2. The summed E-state index contributed by atoms with van der Waals surface area (Å²) >= 11 is 6.02. The van der Waals surface area contributed by atoms with Crippen LogP contribution in [0.15, 0.2) is 48.5 Å². The molecular formula is C15H12ClN3. The van der Waals surface area contributed by atoms with Crippen molar-refractivity contribution in [3.8, 4) is 11.3 Å². The maximum atomic E-state index is 6.02. The number of halogens is 1. The quantitative estimate of drug-likeness (QED) is 0.723. The average molecular weight is 270 g/mol. The molecule has 0 spiro atoms. The van der Waals surface area contributed by atoms with Crippen molar-refractivity contribution in [2.45, 2.75) is 5.88 Å². The minimum atomic E-state index is 0.276. The van der Waals surface area contributed by atoms with E-state index in [1.807, 2.05) is 48.5 Å². The highest BCUT2D eigenvalue weighted by Gasteiger charge is 2.11. The van der Waals surface area contributed by atoms with Crippen molar-refractivity contribution in [3.05, 3.63) is 54.1 Å². The van der Waals surface area contributed by atoms with E-state index in [1.54, 1.807) is 0 Å². The highest BCUT2D eigenvalue weighted by atomic mass is 35.5. The summed E-state index contributed by atoms with van der Waals surface area (Å²) in [4.78, 5) is 8.67. The van der Waals surface area contributed by atoms with E-state index >= 15 is 0 Å². The van der Waals surface area contributed by atoms with Crippen LogP contribution in [0.2, 0.25) is 0 Å². The van der Waals surface area contributed by atoms with Crippen molar-refractivity contribution in [2.24, 2.45) is 0 Å². The van der Waals surface area contributed by atoms with Gasteiger partial charge >= 0.3 is 0 Å². The third kappa shape index (κ3) is 2.13. The van der Waals surface area contributed by atoms with Crippen LogP contribution in [0.3, 0.4) is 0 Å². The number of benzene rings is 2. The van der Waals surface area contributed by atoms with Crippen LogP contribution in [-0.4, -0.2) is 9.97 Å². The molecule has 3 nitrogen and oxygen atoms in total. The summed E-state index contributed by atoms with van der Waals surface area (Å²) in [5, 5.41) is 0.970. The number of fused-ring (bicyclic) bond motifs is 1. The zero-order valence-electron chi connectivity index (χ0n) is 10.2. The molecule has 0 radical (unpaired) electrons. The monoisotopic (exact) mass is 269 g/mol. The first-order chi connectivity index (χ1) is 9.29. The van der Waals surface area contributed by atoms with Crippen molar-refractivity contribution >= 4 is 28.5 Å². The molecule has 4 heteroatoms. The zero-order valence-corrected chi connectivity index (χ0v) is 10.9. The second kappa shape index (κ2) is 4.86. The van der Waals surface area contributed by atoms with Gasteiger partial charge in [0.1, 0.15) is 0 Å². The Hall–Kier alpha value is -2.13. The van der Waals surface area contributed by atoms with Crippen LogP contribution in [0.4, 0.5) is 5.95 Å². The molecule has 3 rings (SSSR count). The van der Waals surface area contributed by atoms with Crippen molar-refractivity contribution in [2.75, 3.05) is 5.73 Å². The Labute approximate surface area is 116 Å². The van der Waals surface area contributed by atoms with Crippen LogP contribution in [0.1, 0.15) is 5.56 Å². The van der Waals surface area contributed by atoms with Crippen molar-refractivity contribution in [3.63, 3.8) is 0 Å². The summed E-state index contributed by atoms with van der Waals surface area (Å²) in [6.45, 7) is 0. The Morgan fingerprint density at radius 1 is 0.947 bits per heavy atom. The smallest absolute Gasteiger partial charge is 0.221 e. The van der Waals surface area contributed by atoms with Crippen LogP contribution in [0.25, 0.3) is 22.2 Å². The van der Waals surface area contributed by atoms with Gasteiger partial charge in [0.25, 0.3) is 0 Å². The molecule has 0 amide bonds. The molecule has 0 aliphatic carbocycles. The normalized spacial score (nSPS) is 10.8. The lowest BCUT2D eigenvalue weighted by Gasteiger charge is -2.10. The molecule has 94 valence electrons. The van der Waals surface area contributed by atoms with Gasteiger partial charge in [0.15, 0.2) is 0 Å². The Kier molecular flexibility index (Phi) is 3.05. The lowest BCUT2D eigenvalue weighted by Crippen LogP contribution is -1.99. The molecule has 2 aromatic carbocycles. The Bertz CT molecular complexity index is 726. The lowest BCUT2D eigenvalue weighted by molar-refractivity contribution is 1.23. The standard InChI is InChI=1S/C15H12ClN3/c16-9-11-7-4-8-12-13(11)14(19-15(17)18-12)10-5-2-1-3-6-10/h1-8H,9H2,(H2,17,18,19). The Morgan fingerprint density at radius 3 is 2.47 bits per heavy atom. The van der Waals surface area contributed by atoms with Gasteiger partial charge in [-0.15, -0.1) is 11.6 Å². The Balaban J connectivity index is 2.40. The van der Waals surface area contributed by atoms with E-state index in [9.17, 15) is 0 Å². The van der Waals surface area contributed by atoms with E-state index < -0.39 is 0 Å². The molecule has 0 atom stereocenters. The fraction of sp³-hybridized carbons (Fsp3) is 0.0667. The van der Waals surface area contributed by atoms with E-state index in [-0.39, 0.29) is 5.95 Å². The molecule has 1 heterocycles. The highest BCUT2D eigenvalue weighted by molar-refractivity contribution is 6.18. The molecule has 1 aromatic heterocycles. The van der Waals surface area contributed by atoms with E-state index in [2.05, 4.69) is 9.97 Å². The van der Waals surface area contributed by atoms with Crippen LogP contribution >= 0.6 is 11.6 Å². The van der Waals surface area contributed by atoms with Gasteiger partial charge in [-0.3, -0.25) is 0 Å². The maximum absolute atomic E-state index is 6.02. The Morgan fingerprint density at radius 2 is 1.74 bits per heavy atom. The summed E-state index contributed by atoms with van der Waals surface area (Å²) in [5.41, 5.74) is 9.48. The van der Waals surface area contributed by atoms with Gasteiger partial charge in [0.05, 0.1) is 11.2 Å². The number of hydrogen-bond acceptors (Lipinski definition) is 3. The molecule has 0 aliphatic rings. The minimum absolute atomic E-state index is 0.276. The van der Waals surface area contributed by atoms with E-state index in [1.165, 1.54) is 0 Å². The molecule has 0 saturated heterocycles. The van der Waals surface area contributed by atoms with Crippen molar-refractivity contribution < 1.29 is 0 Å². The van der Waals surface area contributed by atoms with Gasteiger partial charge in [0, 0.05) is 16.8 Å². The molecule has 0 fully saturated rings. The summed E-state index contributed by atoms with van der Waals surface area (Å²) in [6, 6.07) is 15.8. The number of aromatic nitrogens is 2. The van der Waals surface area contributed by atoms with Crippen LogP contribution in [-0.2, 0) is 5.88 Å². The van der Waals surface area contributed by atoms with Crippen LogP contribution < -0.4 is 5.73 Å². The first-order valence-electron chi connectivity index (χ1n) is 5.96. The third-order valence-corrected chi connectivity index (χ3v) is 3.31. The molecule has 0 aliphatic heterocycles. The number of nitrogen functional groups attached to an aromatic ring is 1. The van der Waals surface area contributed by atoms with Crippen molar-refractivity contribution in [1.29, 1.82) is 0 Å². The first-order valence-corrected chi connectivity index (χ1v) is 6.49. The fourth-order valence-electron chi connectivity index (χ4n) is 2.19. The van der Waals surface area contributed by atoms with Gasteiger partial charge in [-0.1, -0.05) is 42.5 Å². The van der Waals surface area contributed by atoms with Crippen molar-refractivity contribution in [1.82, 2.24) is 9.97 Å². The van der Waals surface area contributed by atoms with Gasteiger partial charge in [-0.25, -0.2) is 9.97 Å². The number of rotatable bonds is 2. The molecule has 0 unspecified atom stereocenters. The number of alkyl halides is 1. The predicted octanol–water partition coefficient (Wildman–Crippen LogP) is 3.62. The highest BCUT2D eigenvalue weighted by Crippen LogP contribution is 2.30. The number of nitrogens with zero attached hydrogens (tertiary/aromatic N) is 2. The van der Waals surface area contributed by atoms with Gasteiger partial charge < -0.3 is 5.73 Å². The first kappa shape index (κ1) is 11.9. The predicted molar refractivity (Wildman–Crippen MR) is 78.9 cm³/mol. The number of hydrogen-bond donors (Lipinski definition) is 1. The SMILES string of the molecule is Nc1nc(-c2ccccc2)c2c(CCl)cccc2n1. The lowest BCUT2D eigenvalue weighted by atomic mass is 10.0. The molecule has 0 saturated carbocycles. The third-order valence-electron chi connectivity index (χ3n) is 3.02. The van der Waals surface area contributed by atoms with Gasteiger partial charge in [0.2, 0.25) is 5.95 Å². The minimum Gasteiger partial charge on any atom is -0.368 e. The van der Waals surface area contributed by atoms with E-state index in [0.717, 1.165) is 27.7 Å². The van der Waals surface area contributed by atoms with Gasteiger partial charge in [-0.2, -0.15) is 0 Å². The van der Waals surface area contributed by atoms with E-state index in [4.69, 9.17) is 17.3 Å². The summed E-state index contributed by atoms with van der Waals surface area (Å²) in [5.74, 6) is 0.697. The second-order valence-electron chi connectivity index (χ2n) is 4.24. The summed E-state index contributed by atoms with van der Waals surface area (Å²) in [7, 11) is 0. The second-order valence-corrected chi connectivity index (χ2v) is 4.51. The summed E-state index contributed by atoms with van der Waals surface area (Å²) < 4.78 is 0. The molecule has 3 aromatic rings. The molecule has 2 N–H and O–H groups in total. The number of nitrogens with two attached hydrogens (primary N) is 1. The largest absolute Gasteiger partial charge is 0.368 e. The van der Waals surface area contributed by atoms with Crippen LogP contribution in [0, 0.1) is 0 Å². The van der Waals surface area contributed by atoms with Gasteiger partial charge in [-0.05, 0) is 11.6 Å². The fourth-order valence-corrected chi connectivity index (χ4v) is 2.41. The van der Waals surface area contributed by atoms with Crippen LogP contribution in [0.5, 0.6) is 0 Å². The molecular weight excluding hydrogens is 258 g/mol. The maximum Gasteiger partial charge on any atom is 0.221 e. The summed E-state index contributed by atoms with van der Waals surface area (Å²) in [6.07, 6.45) is 0. The molecule has 0 bridgehead atoms. The van der Waals surface area contributed by atoms with E-state index in [0.29, 0.717) is 5.88 Å². The topological polar surface area (TPSA) is 51.8 Å². The number of anilines is 1.